The molecule has 3 heteroatoms. The van der Waals surface area contributed by atoms with Crippen LogP contribution in [0.1, 0.15) is 12.6 Å². The van der Waals surface area contributed by atoms with Crippen LogP contribution in [0.5, 0.6) is 5.75 Å². The molecule has 1 aromatic rings. The maximum Gasteiger partial charge on any atom is 0.141 e. The minimum atomic E-state index is 0.700. The lowest BCUT2D eigenvalue weighted by Crippen LogP contribution is -2.06. The van der Waals surface area contributed by atoms with E-state index < -0.39 is 0 Å². The normalized spacial score (nSPS) is 9.64. The number of nitrogens with zero attached hydrogens (tertiary/aromatic N) is 1. The van der Waals surface area contributed by atoms with Crippen molar-refractivity contribution in [1.82, 2.24) is 4.98 Å². The average molecular weight is 149 g/mol. The summed E-state index contributed by atoms with van der Waals surface area (Å²) in [5.41, 5.74) is 2.09. The number of aromatic nitrogens is 1. The van der Waals surface area contributed by atoms with E-state index in [-0.39, 0.29) is 0 Å². The Balaban J connectivity index is 2.93. The Morgan fingerprint density at radius 3 is 3.00 bits per heavy atom. The summed E-state index contributed by atoms with van der Waals surface area (Å²) in [6.07, 6.45) is 1.85. The van der Waals surface area contributed by atoms with E-state index in [1.54, 1.807) is 0 Å². The molecule has 0 aliphatic carbocycles. The molecular formula is C8H12BNO. The molecule has 0 radical (unpaired) electrons. The molecule has 0 saturated heterocycles. The molecule has 2 nitrogen and oxygen atoms in total. The predicted octanol–water partition coefficient (Wildman–Crippen LogP) is 0.0471. The lowest BCUT2D eigenvalue weighted by atomic mass is 9.98. The van der Waals surface area contributed by atoms with Crippen LogP contribution < -0.4 is 10.2 Å². The summed E-state index contributed by atoms with van der Waals surface area (Å²) in [6, 6.07) is 2.01. The number of pyridine rings is 1. The molecule has 0 fully saturated rings. The summed E-state index contributed by atoms with van der Waals surface area (Å²) in [5, 5.41) is 0. The van der Waals surface area contributed by atoms with E-state index in [2.05, 4.69) is 4.98 Å². The quantitative estimate of drug-likeness (QED) is 0.554. The molecule has 11 heavy (non-hydrogen) atoms. The topological polar surface area (TPSA) is 22.1 Å². The summed E-state index contributed by atoms with van der Waals surface area (Å²) >= 11 is 0. The Bertz CT molecular complexity index is 250. The first-order valence-corrected chi connectivity index (χ1v) is 3.80. The average Bonchev–Trinajstić information content (AvgIpc) is 1.98. The van der Waals surface area contributed by atoms with Gasteiger partial charge in [0.05, 0.1) is 12.3 Å². The van der Waals surface area contributed by atoms with E-state index in [4.69, 9.17) is 4.74 Å². The van der Waals surface area contributed by atoms with Crippen LogP contribution in [0.3, 0.4) is 0 Å². The zero-order chi connectivity index (χ0) is 8.27. The van der Waals surface area contributed by atoms with Gasteiger partial charge >= 0.3 is 0 Å². The van der Waals surface area contributed by atoms with Gasteiger partial charge in [-0.1, -0.05) is 5.46 Å². The summed E-state index contributed by atoms with van der Waals surface area (Å²) in [6.45, 7) is 4.62. The van der Waals surface area contributed by atoms with Gasteiger partial charge in [0.1, 0.15) is 13.6 Å². The highest BCUT2D eigenvalue weighted by molar-refractivity contribution is 6.32. The smallest absolute Gasteiger partial charge is 0.141 e. The predicted molar refractivity (Wildman–Crippen MR) is 48.3 cm³/mol. The maximum atomic E-state index is 5.35. The highest BCUT2D eigenvalue weighted by atomic mass is 16.5. The third-order valence-electron chi connectivity index (χ3n) is 1.48. The van der Waals surface area contributed by atoms with Crippen molar-refractivity contribution < 1.29 is 4.74 Å². The monoisotopic (exact) mass is 149 g/mol. The molecule has 0 atom stereocenters. The molecule has 1 rings (SSSR count). The molecule has 0 amide bonds. The first-order valence-electron chi connectivity index (χ1n) is 3.80. The van der Waals surface area contributed by atoms with Crippen LogP contribution in [0.25, 0.3) is 0 Å². The Hall–Kier alpha value is -0.985. The molecule has 0 aliphatic rings. The van der Waals surface area contributed by atoms with Crippen LogP contribution in [-0.4, -0.2) is 19.4 Å². The molecule has 0 spiro atoms. The second kappa shape index (κ2) is 3.42. The van der Waals surface area contributed by atoms with Gasteiger partial charge in [-0.15, -0.1) is 0 Å². The fourth-order valence-corrected chi connectivity index (χ4v) is 0.912. The van der Waals surface area contributed by atoms with Crippen LogP contribution in [0.15, 0.2) is 12.3 Å². The summed E-state index contributed by atoms with van der Waals surface area (Å²) in [7, 11) is 2.01. The third kappa shape index (κ3) is 1.97. The van der Waals surface area contributed by atoms with Crippen molar-refractivity contribution >= 4 is 13.3 Å². The van der Waals surface area contributed by atoms with Gasteiger partial charge in [0.2, 0.25) is 0 Å². The van der Waals surface area contributed by atoms with Crippen LogP contribution >= 0.6 is 0 Å². The second-order valence-corrected chi connectivity index (χ2v) is 2.53. The highest BCUT2D eigenvalue weighted by Crippen LogP contribution is 2.11. The summed E-state index contributed by atoms with van der Waals surface area (Å²) < 4.78 is 5.35. The molecular weight excluding hydrogens is 137 g/mol. The highest BCUT2D eigenvalue weighted by Gasteiger charge is 1.98. The van der Waals surface area contributed by atoms with E-state index in [9.17, 15) is 0 Å². The molecule has 1 aromatic heterocycles. The minimum absolute atomic E-state index is 0.700. The Morgan fingerprint density at radius 2 is 2.36 bits per heavy atom. The van der Waals surface area contributed by atoms with Gasteiger partial charge in [-0.2, -0.15) is 0 Å². The Morgan fingerprint density at radius 1 is 1.64 bits per heavy atom. The number of hydrogen-bond donors (Lipinski definition) is 0. The number of hydrogen-bond acceptors (Lipinski definition) is 2. The molecule has 0 aromatic carbocycles. The van der Waals surface area contributed by atoms with Crippen molar-refractivity contribution in [2.45, 2.75) is 13.8 Å². The van der Waals surface area contributed by atoms with Gasteiger partial charge < -0.3 is 4.74 Å². The van der Waals surface area contributed by atoms with Crippen LogP contribution in [0, 0.1) is 6.92 Å². The first kappa shape index (κ1) is 8.11. The van der Waals surface area contributed by atoms with Crippen molar-refractivity contribution in [3.63, 3.8) is 0 Å². The lowest BCUT2D eigenvalue weighted by Gasteiger charge is -2.05. The van der Waals surface area contributed by atoms with E-state index in [1.807, 2.05) is 34.0 Å². The number of ether oxygens (including phenoxy) is 1. The molecule has 58 valence electrons. The molecule has 1 heterocycles. The largest absolute Gasteiger partial charge is 0.492 e. The van der Waals surface area contributed by atoms with Gasteiger partial charge in [0.25, 0.3) is 0 Å². The zero-order valence-corrected chi connectivity index (χ0v) is 7.22. The van der Waals surface area contributed by atoms with Gasteiger partial charge in [0, 0.05) is 6.20 Å². The van der Waals surface area contributed by atoms with Crippen LogP contribution in [0.4, 0.5) is 0 Å². The molecule has 0 unspecified atom stereocenters. The van der Waals surface area contributed by atoms with Gasteiger partial charge in [-0.3, -0.25) is 4.98 Å². The van der Waals surface area contributed by atoms with E-state index in [1.165, 1.54) is 0 Å². The summed E-state index contributed by atoms with van der Waals surface area (Å²) in [4.78, 5) is 4.17. The molecule has 0 bridgehead atoms. The standard InChI is InChI=1S/C8H12BNO/c1-3-11-8-4-7(9)5-10-6(8)2/h4-5H,3,9H2,1-2H3. The minimum Gasteiger partial charge on any atom is -0.492 e. The van der Waals surface area contributed by atoms with Crippen molar-refractivity contribution in [1.29, 1.82) is 0 Å². The Labute approximate surface area is 68.0 Å². The van der Waals surface area contributed by atoms with Crippen molar-refractivity contribution in [2.75, 3.05) is 6.61 Å². The van der Waals surface area contributed by atoms with Gasteiger partial charge in [-0.25, -0.2) is 0 Å². The fraction of sp³-hybridized carbons (Fsp3) is 0.375. The fourth-order valence-electron chi connectivity index (χ4n) is 0.912. The van der Waals surface area contributed by atoms with Gasteiger partial charge in [-0.05, 0) is 19.9 Å². The van der Waals surface area contributed by atoms with E-state index >= 15 is 0 Å². The number of aryl methyl sites for hydroxylation is 1. The first-order chi connectivity index (χ1) is 5.24. The van der Waals surface area contributed by atoms with E-state index in [0.717, 1.165) is 16.9 Å². The third-order valence-corrected chi connectivity index (χ3v) is 1.48. The van der Waals surface area contributed by atoms with Gasteiger partial charge in [0.15, 0.2) is 0 Å². The van der Waals surface area contributed by atoms with Crippen molar-refractivity contribution in [3.05, 3.63) is 18.0 Å². The number of rotatable bonds is 2. The van der Waals surface area contributed by atoms with Crippen LogP contribution in [0.2, 0.25) is 0 Å². The molecule has 0 aliphatic heterocycles. The van der Waals surface area contributed by atoms with Crippen molar-refractivity contribution in [3.8, 4) is 5.75 Å². The lowest BCUT2D eigenvalue weighted by molar-refractivity contribution is 0.336. The molecule has 0 N–H and O–H groups in total. The zero-order valence-electron chi connectivity index (χ0n) is 7.22. The SMILES string of the molecule is Bc1cnc(C)c(OCC)c1. The van der Waals surface area contributed by atoms with Crippen LogP contribution in [-0.2, 0) is 0 Å². The second-order valence-electron chi connectivity index (χ2n) is 2.53. The Kier molecular flexibility index (Phi) is 2.52. The molecule has 0 saturated carbocycles. The van der Waals surface area contributed by atoms with Crippen molar-refractivity contribution in [2.24, 2.45) is 0 Å². The maximum absolute atomic E-state index is 5.35. The van der Waals surface area contributed by atoms with E-state index in [0.29, 0.717) is 6.61 Å². The summed E-state index contributed by atoms with van der Waals surface area (Å²) in [5.74, 6) is 0.896.